The number of terminal acetylenes is 1. The highest BCUT2D eigenvalue weighted by atomic mass is 32.2. The van der Waals surface area contributed by atoms with Gasteiger partial charge in [-0.05, 0) is 32.9 Å². The Balaban J connectivity index is 2.09. The Hall–Kier alpha value is -0.170. The molecule has 0 radical (unpaired) electrons. The van der Waals surface area contributed by atoms with Crippen LogP contribution in [0, 0.1) is 12.3 Å². The maximum Gasteiger partial charge on any atom is 0.0545 e. The van der Waals surface area contributed by atoms with Crippen molar-refractivity contribution in [3.8, 4) is 12.3 Å². The van der Waals surface area contributed by atoms with Crippen molar-refractivity contribution in [2.75, 3.05) is 31.1 Å². The Bertz CT molecular complexity index is 224. The molecule has 0 spiro atoms. The first-order valence-electron chi connectivity index (χ1n) is 6.26. The summed E-state index contributed by atoms with van der Waals surface area (Å²) >= 11 is 1.84. The van der Waals surface area contributed by atoms with Crippen molar-refractivity contribution in [1.82, 2.24) is 10.2 Å². The number of hydrogen-bond acceptors (Lipinski definition) is 3. The molecule has 0 aromatic rings. The van der Waals surface area contributed by atoms with Gasteiger partial charge in [0.1, 0.15) is 0 Å². The second-order valence-electron chi connectivity index (χ2n) is 4.41. The van der Waals surface area contributed by atoms with Crippen LogP contribution >= 0.6 is 11.8 Å². The summed E-state index contributed by atoms with van der Waals surface area (Å²) in [5, 5.41) is 3.64. The summed E-state index contributed by atoms with van der Waals surface area (Å²) in [7, 11) is 0. The molecule has 16 heavy (non-hydrogen) atoms. The van der Waals surface area contributed by atoms with Crippen molar-refractivity contribution in [2.24, 2.45) is 0 Å². The monoisotopic (exact) mass is 240 g/mol. The average Bonchev–Trinajstić information content (AvgIpc) is 2.29. The molecule has 2 atom stereocenters. The highest BCUT2D eigenvalue weighted by Gasteiger charge is 2.23. The topological polar surface area (TPSA) is 15.3 Å². The van der Waals surface area contributed by atoms with Gasteiger partial charge in [-0.25, -0.2) is 0 Å². The Kier molecular flexibility index (Phi) is 6.95. The van der Waals surface area contributed by atoms with E-state index in [1.54, 1.807) is 0 Å². The number of piperidine rings is 1. The van der Waals surface area contributed by atoms with Gasteiger partial charge in [0.15, 0.2) is 0 Å². The lowest BCUT2D eigenvalue weighted by molar-refractivity contribution is 0.144. The van der Waals surface area contributed by atoms with Crippen LogP contribution in [0.4, 0.5) is 0 Å². The van der Waals surface area contributed by atoms with E-state index in [1.165, 1.54) is 25.9 Å². The zero-order chi connectivity index (χ0) is 11.8. The highest BCUT2D eigenvalue weighted by molar-refractivity contribution is 7.99. The molecule has 0 aromatic carbocycles. The van der Waals surface area contributed by atoms with Crippen LogP contribution < -0.4 is 5.32 Å². The average molecular weight is 240 g/mol. The molecule has 1 aliphatic heterocycles. The van der Waals surface area contributed by atoms with E-state index in [0.29, 0.717) is 6.04 Å². The molecule has 1 N–H and O–H groups in total. The third-order valence-corrected chi connectivity index (χ3v) is 4.15. The molecular weight excluding hydrogens is 216 g/mol. The summed E-state index contributed by atoms with van der Waals surface area (Å²) in [5.74, 6) is 4.63. The van der Waals surface area contributed by atoms with Gasteiger partial charge in [-0.15, -0.1) is 18.2 Å². The number of likely N-dealkylation sites (tertiary alicyclic amines) is 1. The molecule has 1 rings (SSSR count). The summed E-state index contributed by atoms with van der Waals surface area (Å²) in [6, 6.07) is 1.44. The van der Waals surface area contributed by atoms with Crippen LogP contribution in [0.2, 0.25) is 0 Å². The second kappa shape index (κ2) is 8.00. The van der Waals surface area contributed by atoms with Gasteiger partial charge in [-0.2, -0.15) is 0 Å². The van der Waals surface area contributed by atoms with Gasteiger partial charge in [0.2, 0.25) is 0 Å². The molecule has 0 aromatic heterocycles. The van der Waals surface area contributed by atoms with Gasteiger partial charge >= 0.3 is 0 Å². The smallest absolute Gasteiger partial charge is 0.0545 e. The predicted molar refractivity (Wildman–Crippen MR) is 73.9 cm³/mol. The van der Waals surface area contributed by atoms with Gasteiger partial charge in [0.05, 0.1) is 5.75 Å². The highest BCUT2D eigenvalue weighted by Crippen LogP contribution is 2.16. The number of hydrogen-bond donors (Lipinski definition) is 1. The van der Waals surface area contributed by atoms with Gasteiger partial charge < -0.3 is 10.2 Å². The SMILES string of the molecule is C#CCSCCNC1CCN(CC)C(C)C1. The zero-order valence-corrected chi connectivity index (χ0v) is 11.4. The lowest BCUT2D eigenvalue weighted by Crippen LogP contribution is -2.47. The molecule has 0 bridgehead atoms. The quantitative estimate of drug-likeness (QED) is 0.563. The normalized spacial score (nSPS) is 26.6. The van der Waals surface area contributed by atoms with Crippen LogP contribution in [0.1, 0.15) is 26.7 Å². The standard InChI is InChI=1S/C13H24N2S/c1-4-9-16-10-7-14-13-6-8-15(5-2)12(3)11-13/h1,12-14H,5-11H2,2-3H3. The molecule has 1 saturated heterocycles. The first kappa shape index (κ1) is 13.9. The minimum absolute atomic E-state index is 0.712. The fraction of sp³-hybridized carbons (Fsp3) is 0.846. The van der Waals surface area contributed by atoms with E-state index in [0.717, 1.165) is 24.1 Å². The third kappa shape index (κ3) is 4.78. The summed E-state index contributed by atoms with van der Waals surface area (Å²) in [6.45, 7) is 8.11. The van der Waals surface area contributed by atoms with E-state index >= 15 is 0 Å². The molecule has 0 saturated carbocycles. The minimum atomic E-state index is 0.712. The van der Waals surface area contributed by atoms with Crippen LogP contribution in [0.3, 0.4) is 0 Å². The van der Waals surface area contributed by atoms with Gasteiger partial charge in [-0.1, -0.05) is 12.8 Å². The Morgan fingerprint density at radius 3 is 3.00 bits per heavy atom. The van der Waals surface area contributed by atoms with Crippen LogP contribution in [0.15, 0.2) is 0 Å². The Labute approximate surface area is 105 Å². The summed E-state index contributed by atoms with van der Waals surface area (Å²) in [5.41, 5.74) is 0. The molecular formula is C13H24N2S. The van der Waals surface area contributed by atoms with Crippen LogP contribution in [-0.2, 0) is 0 Å². The fourth-order valence-electron chi connectivity index (χ4n) is 2.34. The van der Waals surface area contributed by atoms with Crippen molar-refractivity contribution >= 4 is 11.8 Å². The van der Waals surface area contributed by atoms with E-state index in [9.17, 15) is 0 Å². The van der Waals surface area contributed by atoms with E-state index in [-0.39, 0.29) is 0 Å². The van der Waals surface area contributed by atoms with E-state index in [2.05, 4.69) is 30.0 Å². The van der Waals surface area contributed by atoms with Crippen LogP contribution in [0.5, 0.6) is 0 Å². The van der Waals surface area contributed by atoms with E-state index in [1.807, 2.05) is 11.8 Å². The first-order chi connectivity index (χ1) is 7.77. The Morgan fingerprint density at radius 2 is 2.38 bits per heavy atom. The van der Waals surface area contributed by atoms with Gasteiger partial charge in [0, 0.05) is 24.4 Å². The van der Waals surface area contributed by atoms with Crippen molar-refractivity contribution in [3.05, 3.63) is 0 Å². The molecule has 2 nitrogen and oxygen atoms in total. The van der Waals surface area contributed by atoms with Gasteiger partial charge in [-0.3, -0.25) is 0 Å². The maximum atomic E-state index is 5.21. The molecule has 92 valence electrons. The van der Waals surface area contributed by atoms with Crippen LogP contribution in [-0.4, -0.2) is 48.1 Å². The lowest BCUT2D eigenvalue weighted by Gasteiger charge is -2.37. The third-order valence-electron chi connectivity index (χ3n) is 3.28. The van der Waals surface area contributed by atoms with Crippen molar-refractivity contribution in [2.45, 2.75) is 38.8 Å². The molecule has 1 aliphatic rings. The first-order valence-corrected chi connectivity index (χ1v) is 7.42. The summed E-state index contributed by atoms with van der Waals surface area (Å²) in [6.07, 6.45) is 7.78. The second-order valence-corrected chi connectivity index (χ2v) is 5.51. The van der Waals surface area contributed by atoms with Crippen molar-refractivity contribution in [3.63, 3.8) is 0 Å². The molecule has 0 amide bonds. The fourth-order valence-corrected chi connectivity index (χ4v) is 2.87. The molecule has 1 heterocycles. The maximum absolute atomic E-state index is 5.21. The molecule has 3 heteroatoms. The molecule has 2 unspecified atom stereocenters. The zero-order valence-electron chi connectivity index (χ0n) is 10.5. The van der Waals surface area contributed by atoms with E-state index < -0.39 is 0 Å². The van der Waals surface area contributed by atoms with Crippen molar-refractivity contribution < 1.29 is 0 Å². The van der Waals surface area contributed by atoms with Crippen LogP contribution in [0.25, 0.3) is 0 Å². The lowest BCUT2D eigenvalue weighted by atomic mass is 9.98. The van der Waals surface area contributed by atoms with Crippen molar-refractivity contribution in [1.29, 1.82) is 0 Å². The number of nitrogens with zero attached hydrogens (tertiary/aromatic N) is 1. The number of nitrogens with one attached hydrogen (secondary N) is 1. The predicted octanol–water partition coefficient (Wildman–Crippen LogP) is 1.82. The minimum Gasteiger partial charge on any atom is -0.313 e. The number of thioether (sulfide) groups is 1. The van der Waals surface area contributed by atoms with E-state index in [4.69, 9.17) is 6.42 Å². The Morgan fingerprint density at radius 1 is 1.56 bits per heavy atom. The number of rotatable bonds is 6. The summed E-state index contributed by atoms with van der Waals surface area (Å²) in [4.78, 5) is 2.56. The largest absolute Gasteiger partial charge is 0.313 e. The molecule has 1 fully saturated rings. The van der Waals surface area contributed by atoms with Gasteiger partial charge in [0.25, 0.3) is 0 Å². The summed E-state index contributed by atoms with van der Waals surface area (Å²) < 4.78 is 0. The molecule has 0 aliphatic carbocycles.